The van der Waals surface area contributed by atoms with Gasteiger partial charge in [0, 0.05) is 5.70 Å². The number of ether oxygens (including phenoxy) is 2. The van der Waals surface area contributed by atoms with Crippen molar-refractivity contribution in [2.45, 2.75) is 26.3 Å². The van der Waals surface area contributed by atoms with Gasteiger partial charge in [-0.1, -0.05) is 37.3 Å². The van der Waals surface area contributed by atoms with Crippen LogP contribution in [0.3, 0.4) is 0 Å². The smallest absolute Gasteiger partial charge is 0.343 e. The van der Waals surface area contributed by atoms with E-state index in [4.69, 9.17) is 9.47 Å². The molecule has 29 heavy (non-hydrogen) atoms. The van der Waals surface area contributed by atoms with E-state index in [9.17, 15) is 14.4 Å². The van der Waals surface area contributed by atoms with Gasteiger partial charge in [-0.2, -0.15) is 0 Å². The van der Waals surface area contributed by atoms with E-state index in [1.807, 2.05) is 13.0 Å². The average molecular weight is 394 g/mol. The van der Waals surface area contributed by atoms with Gasteiger partial charge in [0.25, 0.3) is 0 Å². The van der Waals surface area contributed by atoms with Gasteiger partial charge in [-0.05, 0) is 43.2 Å². The molecule has 0 saturated heterocycles. The molecule has 2 amide bonds. The number of amides is 2. The van der Waals surface area contributed by atoms with Crippen molar-refractivity contribution in [3.63, 3.8) is 0 Å². The molecule has 1 heterocycles. The SMILES string of the molecule is CCCOC(=O)C1=C(C)NC(=O)NC1c1ccc(OC(=O)c2ccccc2)cc1. The highest BCUT2D eigenvalue weighted by atomic mass is 16.5. The van der Waals surface area contributed by atoms with Crippen LogP contribution < -0.4 is 15.4 Å². The first-order valence-corrected chi connectivity index (χ1v) is 9.32. The second-order valence-corrected chi connectivity index (χ2v) is 6.53. The molecular weight excluding hydrogens is 372 g/mol. The number of benzene rings is 2. The monoisotopic (exact) mass is 394 g/mol. The van der Waals surface area contributed by atoms with Gasteiger partial charge in [0.2, 0.25) is 0 Å². The van der Waals surface area contributed by atoms with E-state index in [0.29, 0.717) is 41.2 Å². The van der Waals surface area contributed by atoms with E-state index in [1.165, 1.54) is 0 Å². The first kappa shape index (κ1) is 20.1. The molecule has 3 rings (SSSR count). The molecule has 1 atom stereocenters. The van der Waals surface area contributed by atoms with Crippen LogP contribution in [0.15, 0.2) is 65.9 Å². The van der Waals surface area contributed by atoms with Crippen LogP contribution in [0.1, 0.15) is 42.2 Å². The van der Waals surface area contributed by atoms with Gasteiger partial charge in [0.05, 0.1) is 23.8 Å². The Morgan fingerprint density at radius 3 is 2.34 bits per heavy atom. The zero-order valence-electron chi connectivity index (χ0n) is 16.2. The highest BCUT2D eigenvalue weighted by Gasteiger charge is 2.32. The lowest BCUT2D eigenvalue weighted by molar-refractivity contribution is -0.139. The molecular formula is C22H22N2O5. The summed E-state index contributed by atoms with van der Waals surface area (Å²) >= 11 is 0. The molecule has 7 nitrogen and oxygen atoms in total. The van der Waals surface area contributed by atoms with Crippen molar-refractivity contribution in [2.24, 2.45) is 0 Å². The molecule has 1 aliphatic rings. The molecule has 1 unspecified atom stereocenters. The lowest BCUT2D eigenvalue weighted by Gasteiger charge is -2.28. The van der Waals surface area contributed by atoms with E-state index < -0.39 is 24.0 Å². The van der Waals surface area contributed by atoms with E-state index in [-0.39, 0.29) is 0 Å². The summed E-state index contributed by atoms with van der Waals surface area (Å²) in [5.74, 6) is -0.590. The number of nitrogens with one attached hydrogen (secondary N) is 2. The van der Waals surface area contributed by atoms with Crippen LogP contribution in [0, 0.1) is 0 Å². The first-order chi connectivity index (χ1) is 14.0. The van der Waals surface area contributed by atoms with Crippen LogP contribution in [-0.4, -0.2) is 24.6 Å². The van der Waals surface area contributed by atoms with Crippen LogP contribution in [0.5, 0.6) is 5.75 Å². The van der Waals surface area contributed by atoms with Crippen molar-refractivity contribution in [2.75, 3.05) is 6.61 Å². The Hall–Kier alpha value is -3.61. The third-order valence-electron chi connectivity index (χ3n) is 4.36. The lowest BCUT2D eigenvalue weighted by atomic mass is 9.95. The molecule has 0 spiro atoms. The summed E-state index contributed by atoms with van der Waals surface area (Å²) in [6, 6.07) is 14.2. The highest BCUT2D eigenvalue weighted by Crippen LogP contribution is 2.29. The Morgan fingerprint density at radius 1 is 1.00 bits per heavy atom. The lowest BCUT2D eigenvalue weighted by Crippen LogP contribution is -2.45. The van der Waals surface area contributed by atoms with Crippen LogP contribution in [0.25, 0.3) is 0 Å². The quantitative estimate of drug-likeness (QED) is 0.578. The highest BCUT2D eigenvalue weighted by molar-refractivity contribution is 5.95. The van der Waals surface area contributed by atoms with E-state index in [0.717, 1.165) is 0 Å². The third kappa shape index (κ3) is 4.82. The van der Waals surface area contributed by atoms with Gasteiger partial charge in [0.1, 0.15) is 5.75 Å². The number of carbonyl (C=O) groups excluding carboxylic acids is 3. The zero-order chi connectivity index (χ0) is 20.8. The summed E-state index contributed by atoms with van der Waals surface area (Å²) in [5, 5.41) is 5.34. The van der Waals surface area contributed by atoms with Gasteiger partial charge in [-0.3, -0.25) is 0 Å². The van der Waals surface area contributed by atoms with Crippen LogP contribution in [0.4, 0.5) is 4.79 Å². The molecule has 150 valence electrons. The Kier molecular flexibility index (Phi) is 6.29. The van der Waals surface area contributed by atoms with Gasteiger partial charge >= 0.3 is 18.0 Å². The molecule has 2 aromatic rings. The fourth-order valence-corrected chi connectivity index (χ4v) is 2.96. The first-order valence-electron chi connectivity index (χ1n) is 9.32. The summed E-state index contributed by atoms with van der Waals surface area (Å²) in [5.41, 5.74) is 1.90. The van der Waals surface area contributed by atoms with Crippen molar-refractivity contribution in [3.05, 3.63) is 77.0 Å². The standard InChI is InChI=1S/C22H22N2O5/c1-3-13-28-21(26)18-14(2)23-22(27)24-19(18)15-9-11-17(12-10-15)29-20(25)16-7-5-4-6-8-16/h4-12,19H,3,13H2,1-2H3,(H2,23,24,27). The normalized spacial score (nSPS) is 15.9. The van der Waals surface area contributed by atoms with Gasteiger partial charge in [0.15, 0.2) is 0 Å². The Bertz CT molecular complexity index is 935. The molecule has 0 bridgehead atoms. The number of allylic oxidation sites excluding steroid dienone is 1. The van der Waals surface area contributed by atoms with Crippen molar-refractivity contribution in [1.82, 2.24) is 10.6 Å². The van der Waals surface area contributed by atoms with Gasteiger partial charge in [-0.15, -0.1) is 0 Å². The van der Waals surface area contributed by atoms with Crippen molar-refractivity contribution in [1.29, 1.82) is 0 Å². The predicted molar refractivity (Wildman–Crippen MR) is 106 cm³/mol. The Balaban J connectivity index is 1.79. The molecule has 1 aliphatic heterocycles. The topological polar surface area (TPSA) is 93.7 Å². The number of carbonyl (C=O) groups is 3. The molecule has 2 N–H and O–H groups in total. The van der Waals surface area contributed by atoms with Crippen LogP contribution >= 0.6 is 0 Å². The molecule has 0 fully saturated rings. The van der Waals surface area contributed by atoms with Gasteiger partial charge in [-0.25, -0.2) is 14.4 Å². The second kappa shape index (κ2) is 9.05. The van der Waals surface area contributed by atoms with Crippen molar-refractivity contribution < 1.29 is 23.9 Å². The predicted octanol–water partition coefficient (Wildman–Crippen LogP) is 3.49. The summed E-state index contributed by atoms with van der Waals surface area (Å²) in [4.78, 5) is 36.6. The molecule has 0 aromatic heterocycles. The van der Waals surface area contributed by atoms with E-state index in [2.05, 4.69) is 10.6 Å². The maximum Gasteiger partial charge on any atom is 0.343 e. The van der Waals surface area contributed by atoms with E-state index in [1.54, 1.807) is 55.5 Å². The fraction of sp³-hybridized carbons (Fsp3) is 0.227. The largest absolute Gasteiger partial charge is 0.462 e. The average Bonchev–Trinajstić information content (AvgIpc) is 2.72. The number of esters is 2. The number of hydrogen-bond acceptors (Lipinski definition) is 5. The molecule has 0 saturated carbocycles. The summed E-state index contributed by atoms with van der Waals surface area (Å²) in [7, 11) is 0. The second-order valence-electron chi connectivity index (χ2n) is 6.53. The maximum atomic E-state index is 12.5. The number of urea groups is 1. The maximum absolute atomic E-state index is 12.5. The number of hydrogen-bond donors (Lipinski definition) is 2. The molecule has 0 aliphatic carbocycles. The zero-order valence-corrected chi connectivity index (χ0v) is 16.2. The molecule has 2 aromatic carbocycles. The summed E-state index contributed by atoms with van der Waals surface area (Å²) < 4.78 is 10.6. The van der Waals surface area contributed by atoms with Crippen molar-refractivity contribution >= 4 is 18.0 Å². The molecule has 7 heteroatoms. The van der Waals surface area contributed by atoms with Crippen LogP contribution in [-0.2, 0) is 9.53 Å². The minimum Gasteiger partial charge on any atom is -0.462 e. The summed E-state index contributed by atoms with van der Waals surface area (Å²) in [6.07, 6.45) is 0.698. The van der Waals surface area contributed by atoms with Gasteiger partial charge < -0.3 is 20.1 Å². The Morgan fingerprint density at radius 2 is 1.69 bits per heavy atom. The fourth-order valence-electron chi connectivity index (χ4n) is 2.96. The number of rotatable bonds is 6. The van der Waals surface area contributed by atoms with Crippen LogP contribution in [0.2, 0.25) is 0 Å². The minimum atomic E-state index is -0.660. The van der Waals surface area contributed by atoms with Crippen molar-refractivity contribution in [3.8, 4) is 5.75 Å². The Labute approximate surface area is 168 Å². The minimum absolute atomic E-state index is 0.296. The summed E-state index contributed by atoms with van der Waals surface area (Å²) in [6.45, 7) is 3.86. The molecule has 0 radical (unpaired) electrons. The third-order valence-corrected chi connectivity index (χ3v) is 4.36. The van der Waals surface area contributed by atoms with E-state index >= 15 is 0 Å².